The minimum atomic E-state index is -0.199. The third-order valence-electron chi connectivity index (χ3n) is 1.79. The molecule has 0 saturated carbocycles. The summed E-state index contributed by atoms with van der Waals surface area (Å²) in [5.74, 6) is 1.31. The van der Waals surface area contributed by atoms with Crippen molar-refractivity contribution in [3.63, 3.8) is 0 Å². The molecular formula is C9H19NO2S. The van der Waals surface area contributed by atoms with Gasteiger partial charge in [-0.1, -0.05) is 13.8 Å². The lowest BCUT2D eigenvalue weighted by molar-refractivity contribution is -0.138. The SMILES string of the molecule is CCN(CC)CCSCOC(C)=O. The maximum absolute atomic E-state index is 10.4. The van der Waals surface area contributed by atoms with Crippen molar-refractivity contribution in [2.24, 2.45) is 0 Å². The van der Waals surface area contributed by atoms with E-state index in [2.05, 4.69) is 18.7 Å². The number of carbonyl (C=O) groups excluding carboxylic acids is 1. The summed E-state index contributed by atoms with van der Waals surface area (Å²) in [6.45, 7) is 8.99. The second-order valence-corrected chi connectivity index (χ2v) is 3.74. The van der Waals surface area contributed by atoms with Crippen LogP contribution >= 0.6 is 11.8 Å². The number of esters is 1. The Kier molecular flexibility index (Phi) is 8.24. The molecule has 0 rings (SSSR count). The first-order valence-electron chi connectivity index (χ1n) is 4.64. The maximum Gasteiger partial charge on any atom is 0.303 e. The fourth-order valence-corrected chi connectivity index (χ4v) is 1.67. The van der Waals surface area contributed by atoms with Crippen molar-refractivity contribution in [1.29, 1.82) is 0 Å². The molecule has 0 unspecified atom stereocenters. The van der Waals surface area contributed by atoms with Gasteiger partial charge in [-0.15, -0.1) is 11.8 Å². The third kappa shape index (κ3) is 8.12. The average molecular weight is 205 g/mol. The Balaban J connectivity index is 3.19. The highest BCUT2D eigenvalue weighted by atomic mass is 32.2. The lowest BCUT2D eigenvalue weighted by Gasteiger charge is -2.16. The van der Waals surface area contributed by atoms with E-state index in [1.807, 2.05) is 0 Å². The number of carbonyl (C=O) groups is 1. The summed E-state index contributed by atoms with van der Waals surface area (Å²) in [6, 6.07) is 0. The van der Waals surface area contributed by atoms with Gasteiger partial charge in [-0.3, -0.25) is 4.79 Å². The molecule has 13 heavy (non-hydrogen) atoms. The summed E-state index contributed by atoms with van der Waals surface area (Å²) in [7, 11) is 0. The zero-order chi connectivity index (χ0) is 10.1. The van der Waals surface area contributed by atoms with E-state index in [1.54, 1.807) is 11.8 Å². The minimum absolute atomic E-state index is 0.199. The van der Waals surface area contributed by atoms with E-state index < -0.39 is 0 Å². The van der Waals surface area contributed by atoms with E-state index in [9.17, 15) is 4.79 Å². The van der Waals surface area contributed by atoms with Gasteiger partial charge >= 0.3 is 5.97 Å². The molecule has 0 N–H and O–H groups in total. The van der Waals surface area contributed by atoms with Crippen LogP contribution in [-0.2, 0) is 9.53 Å². The summed E-state index contributed by atoms with van der Waals surface area (Å²) in [4.78, 5) is 12.8. The number of hydrogen-bond acceptors (Lipinski definition) is 4. The van der Waals surface area contributed by atoms with Gasteiger partial charge in [0.15, 0.2) is 0 Å². The molecule has 0 fully saturated rings. The molecule has 0 saturated heterocycles. The number of ether oxygens (including phenoxy) is 1. The predicted molar refractivity (Wildman–Crippen MR) is 56.9 cm³/mol. The number of nitrogens with zero attached hydrogens (tertiary/aromatic N) is 1. The molecule has 3 nitrogen and oxygen atoms in total. The number of thioether (sulfide) groups is 1. The van der Waals surface area contributed by atoms with Crippen molar-refractivity contribution in [1.82, 2.24) is 4.90 Å². The highest BCUT2D eigenvalue weighted by molar-refractivity contribution is 7.99. The molecule has 0 radical (unpaired) electrons. The zero-order valence-electron chi connectivity index (χ0n) is 8.71. The number of rotatable bonds is 7. The largest absolute Gasteiger partial charge is 0.455 e. The molecule has 0 aromatic carbocycles. The Labute approximate surface area is 84.8 Å². The Morgan fingerprint density at radius 1 is 1.38 bits per heavy atom. The topological polar surface area (TPSA) is 29.5 Å². The second kappa shape index (κ2) is 8.38. The van der Waals surface area contributed by atoms with Gasteiger partial charge in [-0.05, 0) is 13.1 Å². The average Bonchev–Trinajstić information content (AvgIpc) is 2.11. The summed E-state index contributed by atoms with van der Waals surface area (Å²) in [6.07, 6.45) is 0. The Morgan fingerprint density at radius 3 is 2.46 bits per heavy atom. The predicted octanol–water partition coefficient (Wildman–Crippen LogP) is 1.58. The van der Waals surface area contributed by atoms with Crippen LogP contribution in [-0.4, -0.2) is 42.2 Å². The van der Waals surface area contributed by atoms with Gasteiger partial charge in [0.1, 0.15) is 5.94 Å². The Bertz CT molecular complexity index is 138. The van der Waals surface area contributed by atoms with Gasteiger partial charge in [-0.25, -0.2) is 0 Å². The highest BCUT2D eigenvalue weighted by Crippen LogP contribution is 2.01. The molecule has 0 aliphatic rings. The summed E-state index contributed by atoms with van der Waals surface area (Å²) in [5.41, 5.74) is 0. The van der Waals surface area contributed by atoms with E-state index in [-0.39, 0.29) is 5.97 Å². The Morgan fingerprint density at radius 2 is 2.00 bits per heavy atom. The third-order valence-corrected chi connectivity index (χ3v) is 2.55. The van der Waals surface area contributed by atoms with Gasteiger partial charge in [0.2, 0.25) is 0 Å². The van der Waals surface area contributed by atoms with Crippen LogP contribution < -0.4 is 0 Å². The minimum Gasteiger partial charge on any atom is -0.455 e. The van der Waals surface area contributed by atoms with Crippen LogP contribution in [0, 0.1) is 0 Å². The molecule has 0 heterocycles. The van der Waals surface area contributed by atoms with Crippen molar-refractivity contribution in [2.75, 3.05) is 31.3 Å². The van der Waals surface area contributed by atoms with Gasteiger partial charge in [-0.2, -0.15) is 0 Å². The monoisotopic (exact) mass is 205 g/mol. The molecule has 0 aliphatic heterocycles. The first-order chi connectivity index (χ1) is 6.20. The Hall–Kier alpha value is -0.220. The second-order valence-electron chi connectivity index (χ2n) is 2.69. The quantitative estimate of drug-likeness (QED) is 0.358. The van der Waals surface area contributed by atoms with Crippen LogP contribution in [0.2, 0.25) is 0 Å². The molecule has 4 heteroatoms. The molecule has 0 amide bonds. The standard InChI is InChI=1S/C9H19NO2S/c1-4-10(5-2)6-7-13-8-12-9(3)11/h4-8H2,1-3H3. The lowest BCUT2D eigenvalue weighted by atomic mass is 10.5. The molecule has 0 atom stereocenters. The van der Waals surface area contributed by atoms with Crippen molar-refractivity contribution < 1.29 is 9.53 Å². The van der Waals surface area contributed by atoms with E-state index in [0.717, 1.165) is 25.4 Å². The first-order valence-corrected chi connectivity index (χ1v) is 5.79. The zero-order valence-corrected chi connectivity index (χ0v) is 9.52. The molecule has 0 aliphatic carbocycles. The van der Waals surface area contributed by atoms with Gasteiger partial charge in [0.05, 0.1) is 0 Å². The summed E-state index contributed by atoms with van der Waals surface area (Å²) < 4.78 is 4.80. The highest BCUT2D eigenvalue weighted by Gasteiger charge is 1.98. The fraction of sp³-hybridized carbons (Fsp3) is 0.889. The van der Waals surface area contributed by atoms with Gasteiger partial charge in [0, 0.05) is 19.2 Å². The molecule has 78 valence electrons. The van der Waals surface area contributed by atoms with Crippen molar-refractivity contribution in [2.45, 2.75) is 20.8 Å². The van der Waals surface area contributed by atoms with Gasteiger partial charge in [0.25, 0.3) is 0 Å². The number of hydrogen-bond donors (Lipinski definition) is 0. The van der Waals surface area contributed by atoms with Crippen LogP contribution in [0.3, 0.4) is 0 Å². The van der Waals surface area contributed by atoms with Crippen LogP contribution in [0.1, 0.15) is 20.8 Å². The van der Waals surface area contributed by atoms with Crippen LogP contribution in [0.15, 0.2) is 0 Å². The lowest BCUT2D eigenvalue weighted by Crippen LogP contribution is -2.25. The fourth-order valence-electron chi connectivity index (χ4n) is 0.917. The molecule has 0 aromatic heterocycles. The van der Waals surface area contributed by atoms with Crippen molar-refractivity contribution in [3.05, 3.63) is 0 Å². The van der Waals surface area contributed by atoms with E-state index in [4.69, 9.17) is 4.74 Å². The van der Waals surface area contributed by atoms with Crippen molar-refractivity contribution >= 4 is 17.7 Å². The normalized spacial score (nSPS) is 10.5. The molecule has 0 aromatic rings. The van der Waals surface area contributed by atoms with Crippen LogP contribution in [0.4, 0.5) is 0 Å². The smallest absolute Gasteiger partial charge is 0.303 e. The van der Waals surface area contributed by atoms with E-state index in [1.165, 1.54) is 6.92 Å². The van der Waals surface area contributed by atoms with E-state index >= 15 is 0 Å². The van der Waals surface area contributed by atoms with Crippen LogP contribution in [0.25, 0.3) is 0 Å². The summed E-state index contributed by atoms with van der Waals surface area (Å²) >= 11 is 1.66. The van der Waals surface area contributed by atoms with Crippen LogP contribution in [0.5, 0.6) is 0 Å². The summed E-state index contributed by atoms with van der Waals surface area (Å²) in [5, 5.41) is 0. The molecular weight excluding hydrogens is 186 g/mol. The van der Waals surface area contributed by atoms with Crippen molar-refractivity contribution in [3.8, 4) is 0 Å². The maximum atomic E-state index is 10.4. The first kappa shape index (κ1) is 12.8. The van der Waals surface area contributed by atoms with E-state index in [0.29, 0.717) is 5.94 Å². The molecule has 0 spiro atoms. The molecule has 0 bridgehead atoms. The van der Waals surface area contributed by atoms with Gasteiger partial charge < -0.3 is 9.64 Å².